The summed E-state index contributed by atoms with van der Waals surface area (Å²) in [5, 5.41) is 6.02. The lowest BCUT2D eigenvalue weighted by Crippen LogP contribution is -2.33. The molecule has 4 aromatic carbocycles. The number of anilines is 2. The molecule has 0 aliphatic carbocycles. The van der Waals surface area contributed by atoms with Crippen molar-refractivity contribution in [2.45, 2.75) is 19.4 Å². The summed E-state index contributed by atoms with van der Waals surface area (Å²) < 4.78 is 5.24. The number of hydrogen-bond acceptors (Lipinski definition) is 4. The molecule has 0 saturated heterocycles. The Kier molecular flexibility index (Phi) is 7.69. The third-order valence-corrected chi connectivity index (χ3v) is 6.84. The topological polar surface area (TPSA) is 70.7 Å². The van der Waals surface area contributed by atoms with Crippen molar-refractivity contribution in [2.24, 2.45) is 0 Å². The van der Waals surface area contributed by atoms with Crippen molar-refractivity contribution >= 4 is 23.2 Å². The molecule has 2 amide bonds. The van der Waals surface area contributed by atoms with Crippen LogP contribution in [0.4, 0.5) is 11.4 Å². The first kappa shape index (κ1) is 25.1. The maximum atomic E-state index is 13.5. The van der Waals surface area contributed by atoms with E-state index in [0.717, 1.165) is 31.6 Å². The van der Waals surface area contributed by atoms with Gasteiger partial charge in [0.25, 0.3) is 11.8 Å². The number of nitrogens with one attached hydrogen (secondary N) is 2. The van der Waals surface area contributed by atoms with E-state index < -0.39 is 0 Å². The lowest BCUT2D eigenvalue weighted by molar-refractivity contribution is 0.0953. The number of fused-ring (bicyclic) bond motifs is 1. The zero-order valence-corrected chi connectivity index (χ0v) is 21.4. The molecule has 38 heavy (non-hydrogen) atoms. The third-order valence-electron chi connectivity index (χ3n) is 6.84. The quantitative estimate of drug-likeness (QED) is 0.333. The van der Waals surface area contributed by atoms with Crippen LogP contribution in [0.5, 0.6) is 5.75 Å². The van der Waals surface area contributed by atoms with Crippen LogP contribution in [0.2, 0.25) is 0 Å². The van der Waals surface area contributed by atoms with Crippen molar-refractivity contribution < 1.29 is 14.3 Å². The van der Waals surface area contributed by atoms with Crippen molar-refractivity contribution in [3.63, 3.8) is 0 Å². The molecule has 2 N–H and O–H groups in total. The lowest BCUT2D eigenvalue weighted by Gasteiger charge is -2.32. The summed E-state index contributed by atoms with van der Waals surface area (Å²) in [7, 11) is 1.57. The predicted octanol–water partition coefficient (Wildman–Crippen LogP) is 5.48. The predicted molar refractivity (Wildman–Crippen MR) is 151 cm³/mol. The van der Waals surface area contributed by atoms with E-state index in [1.165, 1.54) is 16.7 Å². The van der Waals surface area contributed by atoms with Gasteiger partial charge in [0.15, 0.2) is 0 Å². The number of amides is 2. The molecule has 4 aromatic rings. The standard InChI is InChI=1S/C32H31N3O3/c1-38-28-13-7-12-25(20-28)31(36)34-27-14-15-30(35-19-17-24-10-5-6-11-26(24)22-35)29(21-27)32(37)33-18-16-23-8-3-2-4-9-23/h2-15,20-21H,16-19,22H2,1H3,(H,33,37)(H,34,36). The zero-order valence-electron chi connectivity index (χ0n) is 21.4. The van der Waals surface area contributed by atoms with E-state index in [2.05, 4.69) is 51.9 Å². The number of carbonyl (C=O) groups excluding carboxylic acids is 2. The fourth-order valence-electron chi connectivity index (χ4n) is 4.80. The SMILES string of the molecule is COc1cccc(C(=O)Nc2ccc(N3CCc4ccccc4C3)c(C(=O)NCCc3ccccc3)c2)c1. The summed E-state index contributed by atoms with van der Waals surface area (Å²) in [5.41, 5.74) is 6.23. The molecular formula is C32H31N3O3. The van der Waals surface area contributed by atoms with E-state index in [1.807, 2.05) is 30.3 Å². The highest BCUT2D eigenvalue weighted by atomic mass is 16.5. The number of rotatable bonds is 8. The molecule has 0 saturated carbocycles. The van der Waals surface area contributed by atoms with Gasteiger partial charge in [-0.25, -0.2) is 0 Å². The van der Waals surface area contributed by atoms with Gasteiger partial charge in [0.2, 0.25) is 0 Å². The Morgan fingerprint density at radius 2 is 1.63 bits per heavy atom. The van der Waals surface area contributed by atoms with Crippen LogP contribution in [0, 0.1) is 0 Å². The van der Waals surface area contributed by atoms with Gasteiger partial charge in [-0.3, -0.25) is 9.59 Å². The van der Waals surface area contributed by atoms with Crippen molar-refractivity contribution in [1.29, 1.82) is 0 Å². The number of ether oxygens (including phenoxy) is 1. The minimum Gasteiger partial charge on any atom is -0.497 e. The lowest BCUT2D eigenvalue weighted by atomic mass is 9.98. The highest BCUT2D eigenvalue weighted by Gasteiger charge is 2.22. The van der Waals surface area contributed by atoms with Gasteiger partial charge in [-0.1, -0.05) is 60.7 Å². The van der Waals surface area contributed by atoms with Gasteiger partial charge in [0, 0.05) is 36.6 Å². The summed E-state index contributed by atoms with van der Waals surface area (Å²) in [6.07, 6.45) is 1.66. The molecule has 1 aliphatic heterocycles. The first-order valence-corrected chi connectivity index (χ1v) is 12.8. The highest BCUT2D eigenvalue weighted by Crippen LogP contribution is 2.30. The van der Waals surface area contributed by atoms with Crippen LogP contribution < -0.4 is 20.3 Å². The number of benzene rings is 4. The number of nitrogens with zero attached hydrogens (tertiary/aromatic N) is 1. The normalized spacial score (nSPS) is 12.4. The summed E-state index contributed by atoms with van der Waals surface area (Å²) in [4.78, 5) is 28.6. The second-order valence-electron chi connectivity index (χ2n) is 9.35. The van der Waals surface area contributed by atoms with Gasteiger partial charge in [-0.05, 0) is 65.9 Å². The molecular weight excluding hydrogens is 474 g/mol. The van der Waals surface area contributed by atoms with Gasteiger partial charge in [0.1, 0.15) is 5.75 Å². The van der Waals surface area contributed by atoms with E-state index in [1.54, 1.807) is 37.4 Å². The maximum absolute atomic E-state index is 13.5. The Hall–Kier alpha value is -4.58. The van der Waals surface area contributed by atoms with Gasteiger partial charge in [-0.2, -0.15) is 0 Å². The van der Waals surface area contributed by atoms with Crippen LogP contribution in [-0.2, 0) is 19.4 Å². The third kappa shape index (κ3) is 5.86. The fraction of sp³-hybridized carbons (Fsp3) is 0.188. The van der Waals surface area contributed by atoms with Crippen LogP contribution in [0.25, 0.3) is 0 Å². The van der Waals surface area contributed by atoms with E-state index in [9.17, 15) is 9.59 Å². The van der Waals surface area contributed by atoms with E-state index in [-0.39, 0.29) is 11.8 Å². The zero-order chi connectivity index (χ0) is 26.3. The number of methoxy groups -OCH3 is 1. The van der Waals surface area contributed by atoms with Gasteiger partial charge in [-0.15, -0.1) is 0 Å². The molecule has 5 rings (SSSR count). The first-order chi connectivity index (χ1) is 18.6. The summed E-state index contributed by atoms with van der Waals surface area (Å²) >= 11 is 0. The molecule has 1 heterocycles. The first-order valence-electron chi connectivity index (χ1n) is 12.8. The summed E-state index contributed by atoms with van der Waals surface area (Å²) in [6, 6.07) is 31.1. The molecule has 6 heteroatoms. The monoisotopic (exact) mass is 505 g/mol. The van der Waals surface area contributed by atoms with Gasteiger partial charge in [0.05, 0.1) is 12.7 Å². The molecule has 6 nitrogen and oxygen atoms in total. The Morgan fingerprint density at radius 1 is 0.842 bits per heavy atom. The highest BCUT2D eigenvalue weighted by molar-refractivity contribution is 6.06. The Morgan fingerprint density at radius 3 is 2.45 bits per heavy atom. The van der Waals surface area contributed by atoms with Crippen molar-refractivity contribution in [3.8, 4) is 5.75 Å². The Balaban J connectivity index is 1.38. The average molecular weight is 506 g/mol. The molecule has 0 fully saturated rings. The van der Waals surface area contributed by atoms with E-state index >= 15 is 0 Å². The molecule has 0 unspecified atom stereocenters. The minimum atomic E-state index is -0.265. The Labute approximate surface area is 223 Å². The molecule has 192 valence electrons. The number of hydrogen-bond donors (Lipinski definition) is 2. The van der Waals surface area contributed by atoms with Gasteiger partial charge >= 0.3 is 0 Å². The molecule has 0 aromatic heterocycles. The number of carbonyl (C=O) groups is 2. The molecule has 0 radical (unpaired) electrons. The summed E-state index contributed by atoms with van der Waals surface area (Å²) in [6.45, 7) is 2.07. The fourth-order valence-corrected chi connectivity index (χ4v) is 4.80. The van der Waals surface area contributed by atoms with Crippen LogP contribution in [0.15, 0.2) is 97.1 Å². The minimum absolute atomic E-state index is 0.160. The van der Waals surface area contributed by atoms with Gasteiger partial charge < -0.3 is 20.3 Å². The second-order valence-corrected chi connectivity index (χ2v) is 9.35. The molecule has 0 atom stereocenters. The summed E-state index contributed by atoms with van der Waals surface area (Å²) in [5.74, 6) is 0.183. The molecule has 0 spiro atoms. The maximum Gasteiger partial charge on any atom is 0.255 e. The van der Waals surface area contributed by atoms with Crippen LogP contribution in [0.1, 0.15) is 37.4 Å². The average Bonchev–Trinajstić information content (AvgIpc) is 2.97. The smallest absolute Gasteiger partial charge is 0.255 e. The van der Waals surface area contributed by atoms with Crippen molar-refractivity contribution in [3.05, 3.63) is 125 Å². The van der Waals surface area contributed by atoms with Crippen molar-refractivity contribution in [2.75, 3.05) is 30.4 Å². The Bertz CT molecular complexity index is 1440. The van der Waals surface area contributed by atoms with Crippen LogP contribution >= 0.6 is 0 Å². The van der Waals surface area contributed by atoms with E-state index in [0.29, 0.717) is 29.1 Å². The van der Waals surface area contributed by atoms with Crippen LogP contribution in [-0.4, -0.2) is 32.0 Å². The van der Waals surface area contributed by atoms with Crippen molar-refractivity contribution in [1.82, 2.24) is 5.32 Å². The van der Waals surface area contributed by atoms with E-state index in [4.69, 9.17) is 4.74 Å². The van der Waals surface area contributed by atoms with Crippen LogP contribution in [0.3, 0.4) is 0 Å². The largest absolute Gasteiger partial charge is 0.497 e. The second kappa shape index (κ2) is 11.6. The molecule has 1 aliphatic rings. The molecule has 0 bridgehead atoms.